The Hall–Kier alpha value is -2.46. The minimum Gasteiger partial charge on any atom is -0.268 e. The molecule has 0 fully saturated rings. The molecule has 5 heteroatoms. The van der Waals surface area contributed by atoms with Crippen LogP contribution in [0.2, 0.25) is 5.02 Å². The summed E-state index contributed by atoms with van der Waals surface area (Å²) in [5.41, 5.74) is 2.52. The van der Waals surface area contributed by atoms with Crippen LogP contribution in [0.1, 0.15) is 11.1 Å². The van der Waals surface area contributed by atoms with Crippen molar-refractivity contribution in [3.63, 3.8) is 0 Å². The van der Waals surface area contributed by atoms with Crippen molar-refractivity contribution in [1.82, 2.24) is 9.78 Å². The van der Waals surface area contributed by atoms with E-state index >= 15 is 0 Å². The van der Waals surface area contributed by atoms with E-state index in [2.05, 4.69) is 5.10 Å². The van der Waals surface area contributed by atoms with Crippen molar-refractivity contribution in [1.29, 1.82) is 0 Å². The monoisotopic (exact) mass is 328 g/mol. The quantitative estimate of drug-likeness (QED) is 0.726. The molecule has 1 aromatic heterocycles. The van der Waals surface area contributed by atoms with Gasteiger partial charge < -0.3 is 0 Å². The Morgan fingerprint density at radius 1 is 1.13 bits per heavy atom. The first-order valence-electron chi connectivity index (χ1n) is 7.12. The number of aromatic nitrogens is 2. The predicted octanol–water partition coefficient (Wildman–Crippen LogP) is 4.06. The zero-order valence-corrected chi connectivity index (χ0v) is 13.2. The van der Waals surface area contributed by atoms with Crippen LogP contribution in [-0.2, 0) is 6.54 Å². The molecule has 0 aliphatic rings. The maximum absolute atomic E-state index is 13.4. The molecule has 0 atom stereocenters. The van der Waals surface area contributed by atoms with Gasteiger partial charge in [0.2, 0.25) is 0 Å². The molecule has 0 unspecified atom stereocenters. The fourth-order valence-corrected chi connectivity index (χ4v) is 2.46. The van der Waals surface area contributed by atoms with Crippen molar-refractivity contribution in [2.75, 3.05) is 0 Å². The second kappa shape index (κ2) is 6.34. The Morgan fingerprint density at radius 2 is 1.87 bits per heavy atom. The highest BCUT2D eigenvalue weighted by atomic mass is 35.5. The summed E-state index contributed by atoms with van der Waals surface area (Å²) in [4.78, 5) is 12.3. The van der Waals surface area contributed by atoms with E-state index in [0.717, 1.165) is 5.56 Å². The van der Waals surface area contributed by atoms with Gasteiger partial charge in [-0.05, 0) is 42.8 Å². The van der Waals surface area contributed by atoms with E-state index in [1.165, 1.54) is 16.8 Å². The molecule has 116 valence electrons. The number of hydrogen-bond donors (Lipinski definition) is 0. The number of rotatable bonds is 3. The van der Waals surface area contributed by atoms with Gasteiger partial charge in [0.25, 0.3) is 5.56 Å². The van der Waals surface area contributed by atoms with Crippen LogP contribution in [0.5, 0.6) is 0 Å². The number of halogens is 2. The predicted molar refractivity (Wildman–Crippen MR) is 89.2 cm³/mol. The Kier molecular flexibility index (Phi) is 4.26. The molecule has 0 N–H and O–H groups in total. The lowest BCUT2D eigenvalue weighted by atomic mass is 10.1. The van der Waals surface area contributed by atoms with E-state index < -0.39 is 0 Å². The molecule has 3 nitrogen and oxygen atoms in total. The first kappa shape index (κ1) is 15.4. The molecule has 0 bridgehead atoms. The van der Waals surface area contributed by atoms with Gasteiger partial charge in [0.1, 0.15) is 5.82 Å². The third kappa shape index (κ3) is 3.48. The van der Waals surface area contributed by atoms with Crippen molar-refractivity contribution in [2.45, 2.75) is 13.5 Å². The highest BCUT2D eigenvalue weighted by molar-refractivity contribution is 6.30. The van der Waals surface area contributed by atoms with Crippen LogP contribution in [0.4, 0.5) is 4.39 Å². The third-order valence-corrected chi connectivity index (χ3v) is 3.77. The van der Waals surface area contributed by atoms with E-state index in [9.17, 15) is 9.18 Å². The van der Waals surface area contributed by atoms with Crippen LogP contribution in [-0.4, -0.2) is 9.78 Å². The lowest BCUT2D eigenvalue weighted by Crippen LogP contribution is -2.25. The number of aryl methyl sites for hydroxylation is 1. The van der Waals surface area contributed by atoms with E-state index in [1.54, 1.807) is 37.3 Å². The second-order valence-electron chi connectivity index (χ2n) is 5.31. The van der Waals surface area contributed by atoms with E-state index in [0.29, 0.717) is 28.4 Å². The summed E-state index contributed by atoms with van der Waals surface area (Å²) in [5, 5.41) is 5.00. The zero-order chi connectivity index (χ0) is 16.4. The molecular formula is C18H14ClFN2O. The smallest absolute Gasteiger partial charge is 0.268 e. The molecule has 3 aromatic rings. The van der Waals surface area contributed by atoms with Crippen molar-refractivity contribution in [3.05, 3.63) is 86.9 Å². The average molecular weight is 329 g/mol. The van der Waals surface area contributed by atoms with Gasteiger partial charge in [-0.3, -0.25) is 4.79 Å². The SMILES string of the molecule is Cc1cc(-c2cccc(F)c2)nn(Cc2ccc(Cl)cc2)c1=O. The van der Waals surface area contributed by atoms with Crippen molar-refractivity contribution in [3.8, 4) is 11.3 Å². The largest absolute Gasteiger partial charge is 0.270 e. The Labute approximate surface area is 138 Å². The summed E-state index contributed by atoms with van der Waals surface area (Å²) in [7, 11) is 0. The third-order valence-electron chi connectivity index (χ3n) is 3.52. The molecule has 0 radical (unpaired) electrons. The number of nitrogens with zero attached hydrogens (tertiary/aromatic N) is 2. The van der Waals surface area contributed by atoms with Crippen LogP contribution >= 0.6 is 11.6 Å². The number of benzene rings is 2. The minimum absolute atomic E-state index is 0.167. The summed E-state index contributed by atoms with van der Waals surface area (Å²) in [5.74, 6) is -0.336. The maximum atomic E-state index is 13.4. The van der Waals surface area contributed by atoms with Crippen molar-refractivity contribution >= 4 is 11.6 Å². The lowest BCUT2D eigenvalue weighted by Gasteiger charge is -2.09. The molecule has 0 spiro atoms. The van der Waals surface area contributed by atoms with Gasteiger partial charge in [0, 0.05) is 16.1 Å². The molecule has 0 aliphatic heterocycles. The van der Waals surface area contributed by atoms with Gasteiger partial charge >= 0.3 is 0 Å². The first-order valence-corrected chi connectivity index (χ1v) is 7.50. The summed E-state index contributed by atoms with van der Waals surface area (Å²) in [6.45, 7) is 2.06. The minimum atomic E-state index is -0.336. The standard InChI is InChI=1S/C18H14ClFN2O/c1-12-9-17(14-3-2-4-16(20)10-14)21-22(18(12)23)11-13-5-7-15(19)8-6-13/h2-10H,11H2,1H3. The fourth-order valence-electron chi connectivity index (χ4n) is 2.33. The summed E-state index contributed by atoms with van der Waals surface area (Å²) in [6, 6.07) is 15.1. The van der Waals surface area contributed by atoms with Gasteiger partial charge in [0.15, 0.2) is 0 Å². The molecule has 3 rings (SSSR count). The average Bonchev–Trinajstić information content (AvgIpc) is 2.53. The Morgan fingerprint density at radius 3 is 2.57 bits per heavy atom. The zero-order valence-electron chi connectivity index (χ0n) is 12.5. The Balaban J connectivity index is 2.03. The molecule has 1 heterocycles. The van der Waals surface area contributed by atoms with Gasteiger partial charge in [0.05, 0.1) is 12.2 Å². The molecule has 0 amide bonds. The van der Waals surface area contributed by atoms with Crippen LogP contribution < -0.4 is 5.56 Å². The van der Waals surface area contributed by atoms with Crippen LogP contribution in [0.25, 0.3) is 11.3 Å². The van der Waals surface area contributed by atoms with Crippen molar-refractivity contribution < 1.29 is 4.39 Å². The Bertz CT molecular complexity index is 904. The number of hydrogen-bond acceptors (Lipinski definition) is 2. The van der Waals surface area contributed by atoms with Gasteiger partial charge in [-0.2, -0.15) is 5.10 Å². The van der Waals surface area contributed by atoms with Crippen LogP contribution in [0.3, 0.4) is 0 Å². The molecule has 2 aromatic carbocycles. The summed E-state index contributed by atoms with van der Waals surface area (Å²) >= 11 is 5.87. The normalized spacial score (nSPS) is 10.7. The highest BCUT2D eigenvalue weighted by Gasteiger charge is 2.08. The summed E-state index contributed by atoms with van der Waals surface area (Å²) in [6.07, 6.45) is 0. The molecule has 23 heavy (non-hydrogen) atoms. The first-order chi connectivity index (χ1) is 11.0. The molecule has 0 aliphatic carbocycles. The van der Waals surface area contributed by atoms with Gasteiger partial charge in [-0.1, -0.05) is 35.9 Å². The van der Waals surface area contributed by atoms with Gasteiger partial charge in [-0.25, -0.2) is 9.07 Å². The second-order valence-corrected chi connectivity index (χ2v) is 5.75. The van der Waals surface area contributed by atoms with Gasteiger partial charge in [-0.15, -0.1) is 0 Å². The molecule has 0 saturated carbocycles. The molecular weight excluding hydrogens is 315 g/mol. The topological polar surface area (TPSA) is 34.9 Å². The van der Waals surface area contributed by atoms with E-state index in [1.807, 2.05) is 12.1 Å². The van der Waals surface area contributed by atoms with Crippen LogP contribution in [0, 0.1) is 12.7 Å². The van der Waals surface area contributed by atoms with Crippen molar-refractivity contribution in [2.24, 2.45) is 0 Å². The van der Waals surface area contributed by atoms with Crippen LogP contribution in [0.15, 0.2) is 59.4 Å². The fraction of sp³-hybridized carbons (Fsp3) is 0.111. The molecule has 0 saturated heterocycles. The lowest BCUT2D eigenvalue weighted by molar-refractivity contribution is 0.625. The maximum Gasteiger partial charge on any atom is 0.270 e. The highest BCUT2D eigenvalue weighted by Crippen LogP contribution is 2.18. The summed E-state index contributed by atoms with van der Waals surface area (Å²) < 4.78 is 14.8. The van der Waals surface area contributed by atoms with E-state index in [4.69, 9.17) is 11.6 Å². The van der Waals surface area contributed by atoms with E-state index in [-0.39, 0.29) is 11.4 Å².